The number of aromatic nitrogens is 1. The lowest BCUT2D eigenvalue weighted by molar-refractivity contribution is 0.256. The van der Waals surface area contributed by atoms with Gasteiger partial charge in [-0.3, -0.25) is 0 Å². The van der Waals surface area contributed by atoms with Gasteiger partial charge in [-0.05, 0) is 42.4 Å². The number of aryl methyl sites for hydroxylation is 1. The highest BCUT2D eigenvalue weighted by Gasteiger charge is 2.25. The number of hydrogen-bond acceptors (Lipinski definition) is 7. The zero-order chi connectivity index (χ0) is 20.8. The summed E-state index contributed by atoms with van der Waals surface area (Å²) in [6, 6.07) is 1.49. The topological polar surface area (TPSA) is 124 Å². The molecule has 1 aromatic heterocycles. The van der Waals surface area contributed by atoms with E-state index in [1.165, 1.54) is 29.8 Å². The Morgan fingerprint density at radius 1 is 1.28 bits per heavy atom. The van der Waals surface area contributed by atoms with E-state index in [1.807, 2.05) is 6.08 Å². The van der Waals surface area contributed by atoms with Crippen LogP contribution in [-0.4, -0.2) is 31.9 Å². The van der Waals surface area contributed by atoms with Gasteiger partial charge in [0.25, 0.3) is 0 Å². The second kappa shape index (κ2) is 7.22. The lowest BCUT2D eigenvalue weighted by atomic mass is 9.98. The number of anilines is 1. The quantitative estimate of drug-likeness (QED) is 0.655. The zero-order valence-electron chi connectivity index (χ0n) is 16.0. The third-order valence-electron chi connectivity index (χ3n) is 4.65. The van der Waals surface area contributed by atoms with Crippen LogP contribution in [0, 0.1) is 4.78 Å². The van der Waals surface area contributed by atoms with Gasteiger partial charge in [0.05, 0.1) is 11.9 Å². The molecule has 0 fully saturated rings. The molecular formula is C18H21N5O3S3. The van der Waals surface area contributed by atoms with E-state index in [0.29, 0.717) is 5.00 Å². The molecule has 3 N–H and O–H groups in total. The van der Waals surface area contributed by atoms with Gasteiger partial charge in [-0.15, -0.1) is 0 Å². The number of rotatable bonds is 4. The van der Waals surface area contributed by atoms with Gasteiger partial charge < -0.3 is 5.32 Å². The SMILES string of the molecule is CS(C)(=O)=Nc1cnc(S(=N)(=O)NC(=O)Nc2c3c(cc4c2CCC4)CC=C3)s1. The van der Waals surface area contributed by atoms with Gasteiger partial charge in [0.15, 0.2) is 9.92 Å². The van der Waals surface area contributed by atoms with E-state index in [9.17, 15) is 13.2 Å². The third-order valence-corrected chi connectivity index (χ3v) is 8.11. The number of fused-ring (bicyclic) bond motifs is 2. The number of amides is 2. The zero-order valence-corrected chi connectivity index (χ0v) is 18.4. The number of nitrogens with one attached hydrogen (secondary N) is 3. The van der Waals surface area contributed by atoms with Gasteiger partial charge in [0, 0.05) is 27.8 Å². The highest BCUT2D eigenvalue weighted by Crippen LogP contribution is 2.38. The molecular weight excluding hydrogens is 430 g/mol. The van der Waals surface area contributed by atoms with Crippen molar-refractivity contribution in [2.24, 2.45) is 4.36 Å². The molecule has 1 aromatic carbocycles. The van der Waals surface area contributed by atoms with Crippen molar-refractivity contribution in [3.8, 4) is 0 Å². The fourth-order valence-electron chi connectivity index (χ4n) is 3.58. The van der Waals surface area contributed by atoms with Crippen LogP contribution < -0.4 is 10.0 Å². The molecule has 2 amide bonds. The van der Waals surface area contributed by atoms with Crippen LogP contribution in [0.1, 0.15) is 28.7 Å². The second-order valence-electron chi connectivity index (χ2n) is 7.27. The second-order valence-corrected chi connectivity index (χ2v) is 12.8. The molecule has 0 bridgehead atoms. The van der Waals surface area contributed by atoms with Crippen molar-refractivity contribution in [2.75, 3.05) is 17.8 Å². The molecule has 2 aliphatic rings. The maximum atomic E-state index is 12.8. The highest BCUT2D eigenvalue weighted by molar-refractivity contribution is 7.93. The smallest absolute Gasteiger partial charge is 0.306 e. The molecule has 4 rings (SSSR count). The molecule has 0 aliphatic heterocycles. The average Bonchev–Trinajstić information content (AvgIpc) is 3.31. The Bertz CT molecular complexity index is 1260. The van der Waals surface area contributed by atoms with Crippen LogP contribution in [-0.2, 0) is 38.9 Å². The van der Waals surface area contributed by atoms with E-state index in [4.69, 9.17) is 4.78 Å². The van der Waals surface area contributed by atoms with Crippen LogP contribution in [0.2, 0.25) is 0 Å². The van der Waals surface area contributed by atoms with Gasteiger partial charge in [0.1, 0.15) is 5.00 Å². The molecule has 1 heterocycles. The number of benzene rings is 1. The number of hydrogen-bond donors (Lipinski definition) is 3. The van der Waals surface area contributed by atoms with Crippen molar-refractivity contribution < 1.29 is 13.2 Å². The standard InChI is InChI=1S/C18H21N5O3S3/c1-28(2,25)22-15-10-20-18(27-15)29(19,26)23-17(24)21-16-13-7-3-5-11(13)9-12-6-4-8-14(12)16/h3,7,9-10H,4-6,8H2,1-2H3,(H3,19,21,23,24,26). The third kappa shape index (κ3) is 4.21. The first-order chi connectivity index (χ1) is 13.6. The largest absolute Gasteiger partial charge is 0.332 e. The summed E-state index contributed by atoms with van der Waals surface area (Å²) in [5.41, 5.74) is 5.24. The monoisotopic (exact) mass is 451 g/mol. The number of thiazole rings is 1. The summed E-state index contributed by atoms with van der Waals surface area (Å²) in [6.45, 7) is 0. The molecule has 8 nitrogen and oxygen atoms in total. The molecule has 1 atom stereocenters. The number of nitrogens with zero attached hydrogens (tertiary/aromatic N) is 2. The highest BCUT2D eigenvalue weighted by atomic mass is 32.2. The fourth-order valence-corrected chi connectivity index (χ4v) is 6.59. The summed E-state index contributed by atoms with van der Waals surface area (Å²) in [6.07, 6.45) is 12.0. The molecule has 29 heavy (non-hydrogen) atoms. The van der Waals surface area contributed by atoms with E-state index in [2.05, 4.69) is 31.5 Å². The first-order valence-electron chi connectivity index (χ1n) is 8.97. The van der Waals surface area contributed by atoms with E-state index >= 15 is 0 Å². The Labute approximate surface area is 174 Å². The Morgan fingerprint density at radius 2 is 2.07 bits per heavy atom. The van der Waals surface area contributed by atoms with Gasteiger partial charge in [-0.25, -0.2) is 27.7 Å². The van der Waals surface area contributed by atoms with E-state index < -0.39 is 25.7 Å². The van der Waals surface area contributed by atoms with Gasteiger partial charge in [-0.1, -0.05) is 29.6 Å². The van der Waals surface area contributed by atoms with Gasteiger partial charge >= 0.3 is 6.03 Å². The summed E-state index contributed by atoms with van der Waals surface area (Å²) in [7, 11) is -6.07. The molecule has 2 aromatic rings. The van der Waals surface area contributed by atoms with E-state index in [-0.39, 0.29) is 4.34 Å². The number of carbonyl (C=O) groups excluding carboxylic acids is 1. The Kier molecular flexibility index (Phi) is 4.99. The van der Waals surface area contributed by atoms with E-state index in [0.717, 1.165) is 53.8 Å². The van der Waals surface area contributed by atoms with Crippen molar-refractivity contribution in [3.05, 3.63) is 40.6 Å². The van der Waals surface area contributed by atoms with Crippen molar-refractivity contribution in [1.29, 1.82) is 4.78 Å². The number of carbonyl (C=O) groups is 1. The van der Waals surface area contributed by atoms with Gasteiger partial charge in [-0.2, -0.15) is 4.36 Å². The first-order valence-corrected chi connectivity index (χ1v) is 13.7. The summed E-state index contributed by atoms with van der Waals surface area (Å²) >= 11 is 0.882. The minimum atomic E-state index is -3.67. The Balaban J connectivity index is 1.57. The van der Waals surface area contributed by atoms with Crippen LogP contribution in [0.5, 0.6) is 0 Å². The molecule has 154 valence electrons. The van der Waals surface area contributed by atoms with Crippen LogP contribution in [0.15, 0.2) is 27.0 Å². The minimum Gasteiger partial charge on any atom is -0.306 e. The number of allylic oxidation sites excluding steroid dienone is 1. The normalized spacial score (nSPS) is 16.8. The summed E-state index contributed by atoms with van der Waals surface area (Å²) in [5, 5.41) is 3.13. The Hall–Kier alpha value is -2.24. The van der Waals surface area contributed by atoms with Crippen molar-refractivity contribution in [3.63, 3.8) is 0 Å². The molecule has 2 aliphatic carbocycles. The number of urea groups is 1. The minimum absolute atomic E-state index is 0.0848. The van der Waals surface area contributed by atoms with Crippen molar-refractivity contribution in [2.45, 2.75) is 30.0 Å². The van der Waals surface area contributed by atoms with Gasteiger partial charge in [0.2, 0.25) is 4.34 Å². The molecule has 1 unspecified atom stereocenters. The molecule has 0 saturated heterocycles. The molecule has 0 spiro atoms. The fraction of sp³-hybridized carbons (Fsp3) is 0.333. The first kappa shape index (κ1) is 20.0. The maximum Gasteiger partial charge on any atom is 0.332 e. The predicted octanol–water partition coefficient (Wildman–Crippen LogP) is 3.70. The van der Waals surface area contributed by atoms with Crippen LogP contribution in [0.4, 0.5) is 15.5 Å². The molecule has 11 heteroatoms. The van der Waals surface area contributed by atoms with E-state index in [1.54, 1.807) is 0 Å². The Morgan fingerprint density at radius 3 is 2.83 bits per heavy atom. The van der Waals surface area contributed by atoms with Crippen LogP contribution in [0.25, 0.3) is 6.08 Å². The lowest BCUT2D eigenvalue weighted by Crippen LogP contribution is -2.34. The molecule has 0 radical (unpaired) electrons. The van der Waals surface area contributed by atoms with Crippen LogP contribution >= 0.6 is 11.3 Å². The summed E-state index contributed by atoms with van der Waals surface area (Å²) in [5.74, 6) is 0. The van der Waals surface area contributed by atoms with Crippen LogP contribution in [0.3, 0.4) is 0 Å². The van der Waals surface area contributed by atoms with Crippen molar-refractivity contribution in [1.82, 2.24) is 9.71 Å². The van der Waals surface area contributed by atoms with Crippen molar-refractivity contribution >= 4 is 53.8 Å². The lowest BCUT2D eigenvalue weighted by Gasteiger charge is -2.16. The maximum absolute atomic E-state index is 12.8. The average molecular weight is 452 g/mol. The predicted molar refractivity (Wildman–Crippen MR) is 117 cm³/mol. The summed E-state index contributed by atoms with van der Waals surface area (Å²) in [4.78, 5) is 16.5. The molecule has 0 saturated carbocycles. The summed E-state index contributed by atoms with van der Waals surface area (Å²) < 4.78 is 38.8.